The number of aryl methyl sites for hydroxylation is 1. The summed E-state index contributed by atoms with van der Waals surface area (Å²) in [4.78, 5) is 11.7. The van der Waals surface area contributed by atoms with Gasteiger partial charge in [-0.1, -0.05) is 43.0 Å². The number of rotatable bonds is 5. The van der Waals surface area contributed by atoms with Crippen molar-refractivity contribution in [2.75, 3.05) is 0 Å². The van der Waals surface area contributed by atoms with Crippen molar-refractivity contribution in [1.82, 2.24) is 21.0 Å². The van der Waals surface area contributed by atoms with Crippen LogP contribution < -0.4 is 10.9 Å². The molecule has 0 saturated carbocycles. The van der Waals surface area contributed by atoms with E-state index < -0.39 is 0 Å². The number of nitrogens with one attached hydrogen (secondary N) is 3. The highest BCUT2D eigenvalue weighted by atomic mass is 16.2. The number of carbonyl (C=O) groups excluding carboxylic acids is 1. The Bertz CT molecular complexity index is 628. The van der Waals surface area contributed by atoms with Crippen LogP contribution in [0.3, 0.4) is 0 Å². The molecule has 5 heteroatoms. The van der Waals surface area contributed by atoms with E-state index in [1.54, 1.807) is 12.1 Å². The first-order chi connectivity index (χ1) is 9.65. The van der Waals surface area contributed by atoms with Crippen molar-refractivity contribution in [2.24, 2.45) is 0 Å². The third kappa shape index (κ3) is 3.84. The Morgan fingerprint density at radius 1 is 1.30 bits per heavy atom. The Labute approximate surface area is 117 Å². The average molecular weight is 268 g/mol. The molecule has 0 radical (unpaired) electrons. The smallest absolute Gasteiger partial charge is 0.290 e. The van der Waals surface area contributed by atoms with E-state index in [2.05, 4.69) is 27.6 Å². The fourth-order valence-corrected chi connectivity index (χ4v) is 1.54. The zero-order valence-corrected chi connectivity index (χ0v) is 11.2. The highest BCUT2D eigenvalue weighted by molar-refractivity contribution is 5.92. The minimum absolute atomic E-state index is 0.316. The molecule has 5 nitrogen and oxygen atoms in total. The number of aromatic nitrogens is 2. The topological polar surface area (TPSA) is 69.8 Å². The van der Waals surface area contributed by atoms with Crippen LogP contribution in [0.5, 0.6) is 0 Å². The maximum absolute atomic E-state index is 11.7. The number of H-pyrrole nitrogens is 1. The first-order valence-corrected chi connectivity index (χ1v) is 6.15. The normalized spacial score (nSPS) is 10.4. The fourth-order valence-electron chi connectivity index (χ4n) is 1.54. The maximum atomic E-state index is 11.7. The van der Waals surface area contributed by atoms with Gasteiger partial charge in [0, 0.05) is 11.4 Å². The van der Waals surface area contributed by atoms with Crippen molar-refractivity contribution >= 4 is 12.0 Å². The second-order valence-corrected chi connectivity index (χ2v) is 4.28. The standard InChI is InChI=1S/C15H16N4O/c1-11(8-9-13-6-4-3-5-7-13)16-19-15(20)14-10-12(2)17-18-14/h3-10,16H,1H2,2H3,(H,17,18)(H,19,20). The van der Waals surface area contributed by atoms with Crippen LogP contribution in [0, 0.1) is 6.92 Å². The second-order valence-electron chi connectivity index (χ2n) is 4.28. The molecule has 2 rings (SSSR count). The van der Waals surface area contributed by atoms with Crippen LogP contribution >= 0.6 is 0 Å². The van der Waals surface area contributed by atoms with E-state index in [0.29, 0.717) is 11.4 Å². The summed E-state index contributed by atoms with van der Waals surface area (Å²) in [7, 11) is 0. The summed E-state index contributed by atoms with van der Waals surface area (Å²) in [6, 6.07) is 11.5. The van der Waals surface area contributed by atoms with Crippen molar-refractivity contribution in [3.05, 3.63) is 71.7 Å². The minimum atomic E-state index is -0.316. The summed E-state index contributed by atoms with van der Waals surface area (Å²) in [6.07, 6.45) is 3.69. The van der Waals surface area contributed by atoms with Crippen LogP contribution in [-0.4, -0.2) is 16.1 Å². The van der Waals surface area contributed by atoms with E-state index in [0.717, 1.165) is 11.3 Å². The predicted molar refractivity (Wildman–Crippen MR) is 78.5 cm³/mol. The molecule has 0 aliphatic heterocycles. The number of nitrogens with zero attached hydrogens (tertiary/aromatic N) is 1. The Kier molecular flexibility index (Phi) is 4.34. The molecule has 0 aliphatic rings. The van der Waals surface area contributed by atoms with E-state index in [4.69, 9.17) is 0 Å². The lowest BCUT2D eigenvalue weighted by Gasteiger charge is -2.06. The molecule has 0 atom stereocenters. The summed E-state index contributed by atoms with van der Waals surface area (Å²) in [5.41, 5.74) is 8.05. The molecule has 3 N–H and O–H groups in total. The Morgan fingerprint density at radius 2 is 2.05 bits per heavy atom. The monoisotopic (exact) mass is 268 g/mol. The summed E-state index contributed by atoms with van der Waals surface area (Å²) in [6.45, 7) is 5.63. The van der Waals surface area contributed by atoms with Crippen LogP contribution in [0.4, 0.5) is 0 Å². The molecule has 1 heterocycles. The van der Waals surface area contributed by atoms with E-state index >= 15 is 0 Å². The summed E-state index contributed by atoms with van der Waals surface area (Å²) in [5.74, 6) is -0.316. The van der Waals surface area contributed by atoms with Gasteiger partial charge in [0.25, 0.3) is 5.91 Å². The SMILES string of the molecule is C=C(C=Cc1ccccc1)NNC(=O)c1cc(C)[nH]n1. The zero-order chi connectivity index (χ0) is 14.4. The quantitative estimate of drug-likeness (QED) is 0.575. The van der Waals surface area contributed by atoms with Crippen LogP contribution in [0.2, 0.25) is 0 Å². The van der Waals surface area contributed by atoms with Gasteiger partial charge in [0.05, 0.1) is 0 Å². The molecule has 0 fully saturated rings. The molecule has 0 spiro atoms. The third-order valence-electron chi connectivity index (χ3n) is 2.55. The van der Waals surface area contributed by atoms with Crippen molar-refractivity contribution in [3.8, 4) is 0 Å². The van der Waals surface area contributed by atoms with E-state index in [1.807, 2.05) is 43.3 Å². The first kappa shape index (κ1) is 13.6. The van der Waals surface area contributed by atoms with Gasteiger partial charge in [-0.05, 0) is 24.6 Å². The van der Waals surface area contributed by atoms with Crippen molar-refractivity contribution in [3.63, 3.8) is 0 Å². The third-order valence-corrected chi connectivity index (χ3v) is 2.55. The van der Waals surface area contributed by atoms with Gasteiger partial charge in [-0.25, -0.2) is 0 Å². The lowest BCUT2D eigenvalue weighted by molar-refractivity contribution is 0.0934. The number of aromatic amines is 1. The number of hydrogen-bond acceptors (Lipinski definition) is 3. The highest BCUT2D eigenvalue weighted by Crippen LogP contribution is 2.02. The molecule has 0 unspecified atom stereocenters. The van der Waals surface area contributed by atoms with Crippen LogP contribution in [0.15, 0.2) is 54.8 Å². The molecule has 0 aliphatic carbocycles. The number of allylic oxidation sites excluding steroid dienone is 1. The predicted octanol–water partition coefficient (Wildman–Crippen LogP) is 2.18. The van der Waals surface area contributed by atoms with Gasteiger partial charge in [0.15, 0.2) is 5.69 Å². The van der Waals surface area contributed by atoms with Crippen LogP contribution in [0.25, 0.3) is 6.08 Å². The van der Waals surface area contributed by atoms with E-state index in [-0.39, 0.29) is 5.91 Å². The van der Waals surface area contributed by atoms with E-state index in [1.165, 1.54) is 0 Å². The van der Waals surface area contributed by atoms with Crippen molar-refractivity contribution in [1.29, 1.82) is 0 Å². The zero-order valence-electron chi connectivity index (χ0n) is 11.2. The molecule has 1 amide bonds. The number of benzene rings is 1. The molecular weight excluding hydrogens is 252 g/mol. The van der Waals surface area contributed by atoms with Crippen molar-refractivity contribution in [2.45, 2.75) is 6.92 Å². The minimum Gasteiger partial charge on any atom is -0.299 e. The van der Waals surface area contributed by atoms with Crippen LogP contribution in [0.1, 0.15) is 21.7 Å². The second kappa shape index (κ2) is 6.38. The summed E-state index contributed by atoms with van der Waals surface area (Å²) >= 11 is 0. The molecule has 2 aromatic rings. The average Bonchev–Trinajstić information content (AvgIpc) is 2.90. The lowest BCUT2D eigenvalue weighted by atomic mass is 10.2. The largest absolute Gasteiger partial charge is 0.299 e. The molecule has 0 saturated heterocycles. The molecular formula is C15H16N4O. The van der Waals surface area contributed by atoms with Gasteiger partial charge in [0.2, 0.25) is 0 Å². The number of hydrazine groups is 1. The molecule has 0 bridgehead atoms. The van der Waals surface area contributed by atoms with Gasteiger partial charge in [-0.3, -0.25) is 20.7 Å². The maximum Gasteiger partial charge on any atom is 0.290 e. The lowest BCUT2D eigenvalue weighted by Crippen LogP contribution is -2.36. The number of hydrogen-bond donors (Lipinski definition) is 3. The summed E-state index contributed by atoms with van der Waals surface area (Å²) in [5, 5.41) is 6.57. The molecule has 102 valence electrons. The van der Waals surface area contributed by atoms with Gasteiger partial charge < -0.3 is 0 Å². The van der Waals surface area contributed by atoms with Crippen LogP contribution in [-0.2, 0) is 0 Å². The Balaban J connectivity index is 1.83. The molecule has 20 heavy (non-hydrogen) atoms. The Morgan fingerprint density at radius 3 is 2.70 bits per heavy atom. The molecule has 1 aromatic carbocycles. The fraction of sp³-hybridized carbons (Fsp3) is 0.0667. The summed E-state index contributed by atoms with van der Waals surface area (Å²) < 4.78 is 0. The Hall–Kier alpha value is -2.82. The van der Waals surface area contributed by atoms with Gasteiger partial charge in [0.1, 0.15) is 0 Å². The highest BCUT2D eigenvalue weighted by Gasteiger charge is 2.07. The number of amides is 1. The first-order valence-electron chi connectivity index (χ1n) is 6.15. The molecule has 1 aromatic heterocycles. The van der Waals surface area contributed by atoms with Gasteiger partial charge in [-0.2, -0.15) is 5.10 Å². The van der Waals surface area contributed by atoms with Gasteiger partial charge >= 0.3 is 0 Å². The van der Waals surface area contributed by atoms with E-state index in [9.17, 15) is 4.79 Å². The number of carbonyl (C=O) groups is 1. The van der Waals surface area contributed by atoms with Gasteiger partial charge in [-0.15, -0.1) is 0 Å². The van der Waals surface area contributed by atoms with Crippen molar-refractivity contribution < 1.29 is 4.79 Å².